The Morgan fingerprint density at radius 1 is 1.19 bits per heavy atom. The van der Waals surface area contributed by atoms with Crippen LogP contribution in [-0.2, 0) is 6.42 Å². The normalized spacial score (nSPS) is 10.5. The molecule has 2 heterocycles. The lowest BCUT2D eigenvalue weighted by Gasteiger charge is -2.12. The van der Waals surface area contributed by atoms with E-state index >= 15 is 0 Å². The minimum atomic E-state index is 0.245. The standard InChI is InChI=1S/C16H16N4O/c1-11-5-2-3-7-14(11)19-15-12(10-18-16(17)20-15)9-13-6-4-8-21-13/h2-8,10H,9H2,1H3,(H3,17,18,19,20). The lowest BCUT2D eigenvalue weighted by atomic mass is 10.1. The molecular weight excluding hydrogens is 264 g/mol. The Morgan fingerprint density at radius 3 is 2.81 bits per heavy atom. The van der Waals surface area contributed by atoms with E-state index in [0.29, 0.717) is 12.2 Å². The first kappa shape index (κ1) is 13.2. The number of nitrogens with zero attached hydrogens (tertiary/aromatic N) is 2. The number of nitrogens with two attached hydrogens (primary N) is 1. The molecule has 0 bridgehead atoms. The third-order valence-corrected chi connectivity index (χ3v) is 3.23. The van der Waals surface area contributed by atoms with Crippen LogP contribution in [-0.4, -0.2) is 9.97 Å². The van der Waals surface area contributed by atoms with Crippen LogP contribution < -0.4 is 11.1 Å². The fourth-order valence-corrected chi connectivity index (χ4v) is 2.10. The maximum Gasteiger partial charge on any atom is 0.221 e. The molecule has 3 N–H and O–H groups in total. The Hall–Kier alpha value is -2.82. The van der Waals surface area contributed by atoms with Gasteiger partial charge in [0.1, 0.15) is 11.6 Å². The summed E-state index contributed by atoms with van der Waals surface area (Å²) in [6.45, 7) is 2.04. The summed E-state index contributed by atoms with van der Waals surface area (Å²) in [6.07, 6.45) is 3.99. The number of hydrogen-bond acceptors (Lipinski definition) is 5. The molecule has 0 saturated heterocycles. The van der Waals surface area contributed by atoms with Crippen LogP contribution in [0.4, 0.5) is 17.5 Å². The van der Waals surface area contributed by atoms with Crippen molar-refractivity contribution in [3.63, 3.8) is 0 Å². The maximum absolute atomic E-state index is 5.71. The van der Waals surface area contributed by atoms with Crippen LogP contribution >= 0.6 is 0 Å². The first-order valence-electron chi connectivity index (χ1n) is 6.69. The maximum atomic E-state index is 5.71. The van der Waals surface area contributed by atoms with Crippen molar-refractivity contribution in [1.29, 1.82) is 0 Å². The van der Waals surface area contributed by atoms with Gasteiger partial charge >= 0.3 is 0 Å². The lowest BCUT2D eigenvalue weighted by molar-refractivity contribution is 0.520. The van der Waals surface area contributed by atoms with Gasteiger partial charge in [0, 0.05) is 23.9 Å². The summed E-state index contributed by atoms with van der Waals surface area (Å²) in [7, 11) is 0. The second-order valence-corrected chi connectivity index (χ2v) is 4.80. The van der Waals surface area contributed by atoms with Crippen LogP contribution in [0, 0.1) is 6.92 Å². The topological polar surface area (TPSA) is 77.0 Å². The number of nitrogen functional groups attached to an aromatic ring is 1. The zero-order valence-corrected chi connectivity index (χ0v) is 11.7. The van der Waals surface area contributed by atoms with E-state index in [-0.39, 0.29) is 5.95 Å². The van der Waals surface area contributed by atoms with Crippen molar-refractivity contribution in [2.24, 2.45) is 0 Å². The molecule has 0 amide bonds. The molecule has 0 fully saturated rings. The highest BCUT2D eigenvalue weighted by atomic mass is 16.3. The SMILES string of the molecule is Cc1ccccc1Nc1nc(N)ncc1Cc1ccco1. The minimum absolute atomic E-state index is 0.245. The first-order valence-corrected chi connectivity index (χ1v) is 6.69. The van der Waals surface area contributed by atoms with Gasteiger partial charge in [-0.1, -0.05) is 18.2 Å². The fourth-order valence-electron chi connectivity index (χ4n) is 2.10. The van der Waals surface area contributed by atoms with Gasteiger partial charge in [-0.25, -0.2) is 4.98 Å². The summed E-state index contributed by atoms with van der Waals surface area (Å²) in [5.74, 6) is 1.80. The molecule has 0 aliphatic heterocycles. The van der Waals surface area contributed by atoms with Gasteiger partial charge in [0.15, 0.2) is 0 Å². The zero-order valence-electron chi connectivity index (χ0n) is 11.7. The van der Waals surface area contributed by atoms with E-state index in [1.54, 1.807) is 12.5 Å². The summed E-state index contributed by atoms with van der Waals surface area (Å²) in [4.78, 5) is 8.37. The van der Waals surface area contributed by atoms with Gasteiger partial charge in [-0.05, 0) is 30.7 Å². The van der Waals surface area contributed by atoms with E-state index in [1.165, 1.54) is 0 Å². The predicted molar refractivity (Wildman–Crippen MR) is 82.4 cm³/mol. The summed E-state index contributed by atoms with van der Waals surface area (Å²) >= 11 is 0. The van der Waals surface area contributed by atoms with Gasteiger partial charge in [0.25, 0.3) is 0 Å². The molecular formula is C16H16N4O. The van der Waals surface area contributed by atoms with Crippen LogP contribution in [0.2, 0.25) is 0 Å². The lowest BCUT2D eigenvalue weighted by Crippen LogP contribution is -2.05. The minimum Gasteiger partial charge on any atom is -0.469 e. The van der Waals surface area contributed by atoms with Crippen LogP contribution in [0.1, 0.15) is 16.9 Å². The molecule has 0 radical (unpaired) electrons. The van der Waals surface area contributed by atoms with E-state index in [0.717, 1.165) is 22.6 Å². The van der Waals surface area contributed by atoms with Gasteiger partial charge in [0.05, 0.1) is 6.26 Å². The molecule has 0 aliphatic rings. The van der Waals surface area contributed by atoms with E-state index in [2.05, 4.69) is 15.3 Å². The molecule has 106 valence electrons. The van der Waals surface area contributed by atoms with E-state index < -0.39 is 0 Å². The Bertz CT molecular complexity index is 738. The molecule has 0 aliphatic carbocycles. The van der Waals surface area contributed by atoms with Crippen molar-refractivity contribution in [2.75, 3.05) is 11.1 Å². The third-order valence-electron chi connectivity index (χ3n) is 3.23. The Kier molecular flexibility index (Phi) is 3.55. The van der Waals surface area contributed by atoms with E-state index in [9.17, 15) is 0 Å². The number of anilines is 3. The number of hydrogen-bond donors (Lipinski definition) is 2. The Morgan fingerprint density at radius 2 is 2.05 bits per heavy atom. The van der Waals surface area contributed by atoms with Crippen LogP contribution in [0.25, 0.3) is 0 Å². The molecule has 3 rings (SSSR count). The number of para-hydroxylation sites is 1. The van der Waals surface area contributed by atoms with Crippen LogP contribution in [0.5, 0.6) is 0 Å². The number of nitrogens with one attached hydrogen (secondary N) is 1. The first-order chi connectivity index (χ1) is 10.2. The third kappa shape index (κ3) is 3.02. The van der Waals surface area contributed by atoms with Gasteiger partial charge in [-0.15, -0.1) is 0 Å². The van der Waals surface area contributed by atoms with Crippen molar-refractivity contribution in [3.8, 4) is 0 Å². The molecule has 21 heavy (non-hydrogen) atoms. The average molecular weight is 280 g/mol. The van der Waals surface area contributed by atoms with Crippen LogP contribution in [0.3, 0.4) is 0 Å². The molecule has 0 spiro atoms. The highest BCUT2D eigenvalue weighted by molar-refractivity contribution is 5.63. The van der Waals surface area contributed by atoms with E-state index in [4.69, 9.17) is 10.2 Å². The van der Waals surface area contributed by atoms with Crippen molar-refractivity contribution in [3.05, 3.63) is 65.7 Å². The van der Waals surface area contributed by atoms with Crippen molar-refractivity contribution >= 4 is 17.5 Å². The van der Waals surface area contributed by atoms with Gasteiger partial charge in [-0.2, -0.15) is 4.98 Å². The number of aryl methyl sites for hydroxylation is 1. The molecule has 3 aromatic rings. The second-order valence-electron chi connectivity index (χ2n) is 4.80. The molecule has 5 heteroatoms. The largest absolute Gasteiger partial charge is 0.469 e. The number of rotatable bonds is 4. The highest BCUT2D eigenvalue weighted by Gasteiger charge is 2.10. The predicted octanol–water partition coefficient (Wildman–Crippen LogP) is 3.29. The average Bonchev–Trinajstić information content (AvgIpc) is 2.97. The number of aromatic nitrogens is 2. The fraction of sp³-hybridized carbons (Fsp3) is 0.125. The van der Waals surface area contributed by atoms with E-state index in [1.807, 2.05) is 43.3 Å². The number of furan rings is 1. The highest BCUT2D eigenvalue weighted by Crippen LogP contribution is 2.23. The molecule has 0 atom stereocenters. The van der Waals surface area contributed by atoms with Crippen molar-refractivity contribution in [2.45, 2.75) is 13.3 Å². The molecule has 1 aromatic carbocycles. The Labute approximate surface area is 122 Å². The molecule has 5 nitrogen and oxygen atoms in total. The second kappa shape index (κ2) is 5.66. The summed E-state index contributed by atoms with van der Waals surface area (Å²) < 4.78 is 5.38. The molecule has 0 saturated carbocycles. The smallest absolute Gasteiger partial charge is 0.221 e. The van der Waals surface area contributed by atoms with Gasteiger partial charge in [0.2, 0.25) is 5.95 Å². The monoisotopic (exact) mass is 280 g/mol. The number of benzene rings is 1. The Balaban J connectivity index is 1.93. The van der Waals surface area contributed by atoms with Gasteiger partial charge in [-0.3, -0.25) is 0 Å². The van der Waals surface area contributed by atoms with Crippen molar-refractivity contribution < 1.29 is 4.42 Å². The van der Waals surface area contributed by atoms with Crippen LogP contribution in [0.15, 0.2) is 53.3 Å². The van der Waals surface area contributed by atoms with Gasteiger partial charge < -0.3 is 15.5 Å². The molecule has 0 unspecified atom stereocenters. The summed E-state index contributed by atoms with van der Waals surface area (Å²) in [6, 6.07) is 11.8. The molecule has 2 aromatic heterocycles. The zero-order chi connectivity index (χ0) is 14.7. The summed E-state index contributed by atoms with van der Waals surface area (Å²) in [5, 5.41) is 3.32. The summed E-state index contributed by atoms with van der Waals surface area (Å²) in [5.41, 5.74) is 8.77. The van der Waals surface area contributed by atoms with Crippen molar-refractivity contribution in [1.82, 2.24) is 9.97 Å². The quantitative estimate of drug-likeness (QED) is 0.766.